The lowest BCUT2D eigenvalue weighted by Crippen LogP contribution is -2.43. The van der Waals surface area contributed by atoms with Crippen LogP contribution in [0.1, 0.15) is 25.1 Å². The van der Waals surface area contributed by atoms with Crippen molar-refractivity contribution in [3.05, 3.63) is 24.0 Å². The van der Waals surface area contributed by atoms with Crippen LogP contribution in [0.3, 0.4) is 0 Å². The molecule has 4 heterocycles. The van der Waals surface area contributed by atoms with Crippen molar-refractivity contribution in [2.75, 3.05) is 44.2 Å². The molecule has 5 nitrogen and oxygen atoms in total. The molecule has 2 aromatic rings. The maximum absolute atomic E-state index is 5.05. The quantitative estimate of drug-likeness (QED) is 0.868. The van der Waals surface area contributed by atoms with E-state index in [-0.39, 0.29) is 0 Å². The smallest absolute Gasteiger partial charge is 0.111 e. The molecule has 1 atom stereocenters. The molecule has 0 radical (unpaired) electrons. The summed E-state index contributed by atoms with van der Waals surface area (Å²) in [5.74, 6) is 1.30. The number of hydrogen-bond donors (Lipinski definition) is 1. The molecule has 24 heavy (non-hydrogen) atoms. The standard InChI is InChI=1S/C19H27N5/c1-2-8-22-11-12-24-18-5-4-16(23-9-6-20-7-10-23)13-17(18)21-19(24)14-15(22)3-1/h4-5,13,15,20H,1-3,6-12,14H2. The Kier molecular flexibility index (Phi) is 3.71. The summed E-state index contributed by atoms with van der Waals surface area (Å²) in [5.41, 5.74) is 3.84. The van der Waals surface area contributed by atoms with Crippen molar-refractivity contribution < 1.29 is 0 Å². The van der Waals surface area contributed by atoms with Crippen molar-refractivity contribution in [2.24, 2.45) is 0 Å². The van der Waals surface area contributed by atoms with Crippen molar-refractivity contribution in [1.29, 1.82) is 0 Å². The van der Waals surface area contributed by atoms with Crippen LogP contribution >= 0.6 is 0 Å². The zero-order valence-electron chi connectivity index (χ0n) is 14.4. The van der Waals surface area contributed by atoms with Crippen molar-refractivity contribution in [3.8, 4) is 0 Å². The van der Waals surface area contributed by atoms with Crippen LogP contribution < -0.4 is 10.2 Å². The molecule has 1 unspecified atom stereocenters. The second kappa shape index (κ2) is 6.05. The first-order chi connectivity index (χ1) is 11.9. The summed E-state index contributed by atoms with van der Waals surface area (Å²) in [4.78, 5) is 10.2. The van der Waals surface area contributed by atoms with Crippen molar-refractivity contribution in [1.82, 2.24) is 19.8 Å². The number of fused-ring (bicyclic) bond motifs is 4. The van der Waals surface area contributed by atoms with E-state index < -0.39 is 0 Å². The highest BCUT2D eigenvalue weighted by molar-refractivity contribution is 5.80. The van der Waals surface area contributed by atoms with Crippen LogP contribution in [-0.4, -0.2) is 59.8 Å². The van der Waals surface area contributed by atoms with E-state index >= 15 is 0 Å². The third kappa shape index (κ3) is 2.50. The molecule has 0 bridgehead atoms. The van der Waals surface area contributed by atoms with Crippen molar-refractivity contribution in [3.63, 3.8) is 0 Å². The van der Waals surface area contributed by atoms with Crippen molar-refractivity contribution >= 4 is 16.7 Å². The first-order valence-corrected chi connectivity index (χ1v) is 9.57. The number of nitrogens with one attached hydrogen (secondary N) is 1. The van der Waals surface area contributed by atoms with Gasteiger partial charge in [-0.25, -0.2) is 4.98 Å². The zero-order chi connectivity index (χ0) is 15.9. The Hall–Kier alpha value is -1.59. The first kappa shape index (κ1) is 14.7. The lowest BCUT2D eigenvalue weighted by molar-refractivity contribution is 0.152. The van der Waals surface area contributed by atoms with E-state index in [9.17, 15) is 0 Å². The lowest BCUT2D eigenvalue weighted by Gasteiger charge is -2.33. The first-order valence-electron chi connectivity index (χ1n) is 9.57. The lowest BCUT2D eigenvalue weighted by atomic mass is 10.00. The van der Waals surface area contributed by atoms with Gasteiger partial charge in [-0.2, -0.15) is 0 Å². The van der Waals surface area contributed by atoms with Gasteiger partial charge < -0.3 is 14.8 Å². The molecular weight excluding hydrogens is 298 g/mol. The average Bonchev–Trinajstić information content (AvgIpc) is 2.87. The Morgan fingerprint density at radius 3 is 2.83 bits per heavy atom. The summed E-state index contributed by atoms with van der Waals surface area (Å²) >= 11 is 0. The molecule has 5 rings (SSSR count). The van der Waals surface area contributed by atoms with E-state index in [4.69, 9.17) is 4.98 Å². The second-order valence-electron chi connectivity index (χ2n) is 7.48. The number of anilines is 1. The molecule has 128 valence electrons. The van der Waals surface area contributed by atoms with Gasteiger partial charge in [-0.05, 0) is 37.6 Å². The van der Waals surface area contributed by atoms with E-state index in [1.165, 1.54) is 54.9 Å². The predicted octanol–water partition coefficient (Wildman–Crippen LogP) is 1.86. The van der Waals surface area contributed by atoms with Crippen LogP contribution in [0.25, 0.3) is 11.0 Å². The molecule has 2 saturated heterocycles. The predicted molar refractivity (Wildman–Crippen MR) is 97.7 cm³/mol. The minimum absolute atomic E-state index is 0.712. The maximum atomic E-state index is 5.05. The Labute approximate surface area is 143 Å². The zero-order valence-corrected chi connectivity index (χ0v) is 14.4. The van der Waals surface area contributed by atoms with Gasteiger partial charge in [-0.1, -0.05) is 6.42 Å². The summed E-state index contributed by atoms with van der Waals surface area (Å²) in [6, 6.07) is 7.61. The number of imidazole rings is 1. The molecule has 0 amide bonds. The van der Waals surface area contributed by atoms with Gasteiger partial charge in [0.15, 0.2) is 0 Å². The minimum Gasteiger partial charge on any atom is -0.369 e. The molecule has 1 N–H and O–H groups in total. The summed E-state index contributed by atoms with van der Waals surface area (Å²) in [7, 11) is 0. The van der Waals surface area contributed by atoms with E-state index in [1.807, 2.05) is 0 Å². The van der Waals surface area contributed by atoms with Gasteiger partial charge in [0.25, 0.3) is 0 Å². The normalized spacial score (nSPS) is 25.3. The van der Waals surface area contributed by atoms with E-state index in [0.717, 1.165) is 39.1 Å². The number of aromatic nitrogens is 2. The minimum atomic E-state index is 0.712. The summed E-state index contributed by atoms with van der Waals surface area (Å²) in [6.07, 6.45) is 5.22. The average molecular weight is 325 g/mol. The van der Waals surface area contributed by atoms with Gasteiger partial charge >= 0.3 is 0 Å². The molecule has 0 saturated carbocycles. The number of hydrogen-bond acceptors (Lipinski definition) is 4. The summed E-state index contributed by atoms with van der Waals surface area (Å²) in [6.45, 7) is 7.90. The highest BCUT2D eigenvalue weighted by Gasteiger charge is 2.28. The van der Waals surface area contributed by atoms with E-state index in [1.54, 1.807) is 0 Å². The third-order valence-corrected chi connectivity index (χ3v) is 6.07. The highest BCUT2D eigenvalue weighted by atomic mass is 15.2. The van der Waals surface area contributed by atoms with Gasteiger partial charge in [0, 0.05) is 57.4 Å². The topological polar surface area (TPSA) is 36.3 Å². The van der Waals surface area contributed by atoms with Crippen LogP contribution in [0.2, 0.25) is 0 Å². The molecule has 3 aliphatic rings. The fraction of sp³-hybridized carbons (Fsp3) is 0.632. The highest BCUT2D eigenvalue weighted by Crippen LogP contribution is 2.28. The molecule has 2 fully saturated rings. The Morgan fingerprint density at radius 1 is 1.00 bits per heavy atom. The van der Waals surface area contributed by atoms with Crippen LogP contribution in [0, 0.1) is 0 Å². The molecule has 3 aliphatic heterocycles. The van der Waals surface area contributed by atoms with Crippen LogP contribution in [-0.2, 0) is 13.0 Å². The number of piperazine rings is 1. The summed E-state index contributed by atoms with van der Waals surface area (Å²) < 4.78 is 2.48. The van der Waals surface area contributed by atoms with Crippen LogP contribution in [0.4, 0.5) is 5.69 Å². The second-order valence-corrected chi connectivity index (χ2v) is 7.48. The van der Waals surface area contributed by atoms with Gasteiger partial charge in [-0.15, -0.1) is 0 Å². The van der Waals surface area contributed by atoms with Gasteiger partial charge in [0.1, 0.15) is 5.82 Å². The van der Waals surface area contributed by atoms with Crippen LogP contribution in [0.15, 0.2) is 18.2 Å². The largest absolute Gasteiger partial charge is 0.369 e. The number of rotatable bonds is 1. The molecule has 1 aromatic carbocycles. The van der Waals surface area contributed by atoms with Crippen molar-refractivity contribution in [2.45, 2.75) is 38.3 Å². The van der Waals surface area contributed by atoms with E-state index in [2.05, 4.69) is 37.9 Å². The Balaban J connectivity index is 1.48. The monoisotopic (exact) mass is 325 g/mol. The molecule has 5 heteroatoms. The SMILES string of the molecule is c1cc2c(cc1N1CCNCC1)nc1n2CCN2CCCCC2C1. The summed E-state index contributed by atoms with van der Waals surface area (Å²) in [5, 5.41) is 3.43. The molecular formula is C19H27N5. The Morgan fingerprint density at radius 2 is 1.92 bits per heavy atom. The van der Waals surface area contributed by atoms with Crippen LogP contribution in [0.5, 0.6) is 0 Å². The fourth-order valence-electron chi connectivity index (χ4n) is 4.72. The molecule has 0 aliphatic carbocycles. The maximum Gasteiger partial charge on any atom is 0.111 e. The van der Waals surface area contributed by atoms with Gasteiger partial charge in [0.2, 0.25) is 0 Å². The van der Waals surface area contributed by atoms with E-state index in [0.29, 0.717) is 6.04 Å². The van der Waals surface area contributed by atoms with Gasteiger partial charge in [0.05, 0.1) is 11.0 Å². The number of piperidine rings is 1. The fourth-order valence-corrected chi connectivity index (χ4v) is 4.72. The number of nitrogens with zero attached hydrogens (tertiary/aromatic N) is 4. The molecule has 0 spiro atoms. The number of benzene rings is 1. The molecule has 1 aromatic heterocycles. The van der Waals surface area contributed by atoms with Gasteiger partial charge in [-0.3, -0.25) is 4.90 Å². The third-order valence-electron chi connectivity index (χ3n) is 6.07. The Bertz CT molecular complexity index is 731.